The van der Waals surface area contributed by atoms with Gasteiger partial charge in [-0.2, -0.15) is 0 Å². The minimum Gasteiger partial charge on any atom is -0.327 e. The van der Waals surface area contributed by atoms with Crippen LogP contribution in [0, 0.1) is 23.0 Å². The van der Waals surface area contributed by atoms with Crippen molar-refractivity contribution in [3.8, 4) is 0 Å². The van der Waals surface area contributed by atoms with Crippen LogP contribution in [0.1, 0.15) is 37.9 Å². The van der Waals surface area contributed by atoms with Gasteiger partial charge in [0.15, 0.2) is 0 Å². The standard InChI is InChI=1S/C12H19N3O2/c1-7(2)11(9(4)13)12-8(3)5-10(6-14-12)15(16)17/h5-7,9,11H,13H2,1-4H3. The van der Waals surface area contributed by atoms with Crippen LogP contribution >= 0.6 is 0 Å². The Morgan fingerprint density at radius 3 is 2.35 bits per heavy atom. The van der Waals surface area contributed by atoms with E-state index in [1.54, 1.807) is 6.07 Å². The number of pyridine rings is 1. The molecule has 0 saturated heterocycles. The van der Waals surface area contributed by atoms with Crippen LogP contribution in [0.15, 0.2) is 12.3 Å². The molecule has 0 amide bonds. The third kappa shape index (κ3) is 3.00. The fourth-order valence-corrected chi connectivity index (χ4v) is 2.19. The highest BCUT2D eigenvalue weighted by Crippen LogP contribution is 2.29. The third-order valence-corrected chi connectivity index (χ3v) is 2.92. The molecule has 17 heavy (non-hydrogen) atoms. The maximum absolute atomic E-state index is 10.6. The van der Waals surface area contributed by atoms with Crippen LogP contribution in [0.2, 0.25) is 0 Å². The third-order valence-electron chi connectivity index (χ3n) is 2.92. The van der Waals surface area contributed by atoms with E-state index in [9.17, 15) is 10.1 Å². The van der Waals surface area contributed by atoms with Gasteiger partial charge in [0.1, 0.15) is 6.20 Å². The molecule has 1 rings (SSSR count). The first-order chi connectivity index (χ1) is 7.84. The van der Waals surface area contributed by atoms with Gasteiger partial charge in [-0.25, -0.2) is 0 Å². The van der Waals surface area contributed by atoms with Gasteiger partial charge in [0.25, 0.3) is 5.69 Å². The molecule has 0 spiro atoms. The molecule has 2 unspecified atom stereocenters. The lowest BCUT2D eigenvalue weighted by Crippen LogP contribution is -2.29. The first kappa shape index (κ1) is 13.6. The van der Waals surface area contributed by atoms with Gasteiger partial charge in [0, 0.05) is 23.7 Å². The lowest BCUT2D eigenvalue weighted by atomic mass is 9.85. The smallest absolute Gasteiger partial charge is 0.287 e. The Hall–Kier alpha value is -1.49. The van der Waals surface area contributed by atoms with Crippen LogP contribution in [-0.4, -0.2) is 15.9 Å². The van der Waals surface area contributed by atoms with Gasteiger partial charge in [0.05, 0.1) is 4.92 Å². The zero-order chi connectivity index (χ0) is 13.2. The lowest BCUT2D eigenvalue weighted by Gasteiger charge is -2.25. The lowest BCUT2D eigenvalue weighted by molar-refractivity contribution is -0.385. The Labute approximate surface area is 101 Å². The Balaban J connectivity index is 3.18. The number of nitrogens with zero attached hydrogens (tertiary/aromatic N) is 2. The van der Waals surface area contributed by atoms with E-state index in [0.29, 0.717) is 5.92 Å². The summed E-state index contributed by atoms with van der Waals surface area (Å²) in [4.78, 5) is 14.4. The molecule has 0 aliphatic heterocycles. The summed E-state index contributed by atoms with van der Waals surface area (Å²) in [5, 5.41) is 10.6. The summed E-state index contributed by atoms with van der Waals surface area (Å²) < 4.78 is 0. The van der Waals surface area contributed by atoms with Crippen LogP contribution < -0.4 is 5.73 Å². The maximum Gasteiger partial charge on any atom is 0.287 e. The molecule has 0 fully saturated rings. The van der Waals surface area contributed by atoms with Crippen LogP contribution in [0.4, 0.5) is 5.69 Å². The number of nitrogens with two attached hydrogens (primary N) is 1. The predicted octanol–water partition coefficient (Wildman–Crippen LogP) is 2.39. The largest absolute Gasteiger partial charge is 0.327 e. The van der Waals surface area contributed by atoms with E-state index in [0.717, 1.165) is 11.3 Å². The highest BCUT2D eigenvalue weighted by molar-refractivity contribution is 5.35. The maximum atomic E-state index is 10.6. The van der Waals surface area contributed by atoms with Crippen molar-refractivity contribution >= 4 is 5.69 Å². The molecule has 0 saturated carbocycles. The van der Waals surface area contributed by atoms with Crippen molar-refractivity contribution in [3.63, 3.8) is 0 Å². The molecule has 1 heterocycles. The van der Waals surface area contributed by atoms with E-state index in [1.165, 1.54) is 6.20 Å². The Morgan fingerprint density at radius 2 is 2.00 bits per heavy atom. The van der Waals surface area contributed by atoms with Gasteiger partial charge >= 0.3 is 0 Å². The first-order valence-electron chi connectivity index (χ1n) is 5.71. The van der Waals surface area contributed by atoms with Crippen molar-refractivity contribution in [2.75, 3.05) is 0 Å². The fourth-order valence-electron chi connectivity index (χ4n) is 2.19. The van der Waals surface area contributed by atoms with Crippen molar-refractivity contribution in [2.45, 2.75) is 39.7 Å². The van der Waals surface area contributed by atoms with E-state index < -0.39 is 4.92 Å². The summed E-state index contributed by atoms with van der Waals surface area (Å²) in [7, 11) is 0. The fraction of sp³-hybridized carbons (Fsp3) is 0.583. The minimum atomic E-state index is -0.431. The van der Waals surface area contributed by atoms with E-state index in [-0.39, 0.29) is 17.6 Å². The molecule has 0 aliphatic carbocycles. The predicted molar refractivity (Wildman–Crippen MR) is 66.9 cm³/mol. The first-order valence-corrected chi connectivity index (χ1v) is 5.71. The van der Waals surface area contributed by atoms with E-state index in [4.69, 9.17) is 5.73 Å². The Kier molecular flexibility index (Phi) is 4.17. The second-order valence-electron chi connectivity index (χ2n) is 4.78. The number of rotatable bonds is 4. The van der Waals surface area contributed by atoms with Gasteiger partial charge in [-0.05, 0) is 25.3 Å². The van der Waals surface area contributed by atoms with Crippen LogP contribution in [0.25, 0.3) is 0 Å². The van der Waals surface area contributed by atoms with Crippen molar-refractivity contribution < 1.29 is 4.92 Å². The van der Waals surface area contributed by atoms with E-state index >= 15 is 0 Å². The van der Waals surface area contributed by atoms with Gasteiger partial charge in [-0.3, -0.25) is 15.1 Å². The number of hydrogen-bond donors (Lipinski definition) is 1. The van der Waals surface area contributed by atoms with Crippen molar-refractivity contribution in [2.24, 2.45) is 11.7 Å². The van der Waals surface area contributed by atoms with E-state index in [2.05, 4.69) is 18.8 Å². The summed E-state index contributed by atoms with van der Waals surface area (Å²) in [5.41, 5.74) is 7.68. The molecule has 0 radical (unpaired) electrons. The van der Waals surface area contributed by atoms with Gasteiger partial charge in [0.2, 0.25) is 0 Å². The van der Waals surface area contributed by atoms with Gasteiger partial charge in [-0.1, -0.05) is 13.8 Å². The summed E-state index contributed by atoms with van der Waals surface area (Å²) in [6.45, 7) is 7.94. The Bertz CT molecular complexity index is 408. The topological polar surface area (TPSA) is 82.0 Å². The molecule has 2 atom stereocenters. The highest BCUT2D eigenvalue weighted by atomic mass is 16.6. The number of aryl methyl sites for hydroxylation is 1. The molecular weight excluding hydrogens is 218 g/mol. The molecule has 2 N–H and O–H groups in total. The zero-order valence-corrected chi connectivity index (χ0v) is 10.7. The molecule has 0 aliphatic rings. The van der Waals surface area contributed by atoms with Crippen LogP contribution in [0.5, 0.6) is 0 Å². The monoisotopic (exact) mass is 237 g/mol. The molecule has 0 aromatic carbocycles. The van der Waals surface area contributed by atoms with Crippen molar-refractivity contribution in [3.05, 3.63) is 33.6 Å². The van der Waals surface area contributed by atoms with Crippen LogP contribution in [0.3, 0.4) is 0 Å². The van der Waals surface area contributed by atoms with E-state index in [1.807, 2.05) is 13.8 Å². The quantitative estimate of drug-likeness (QED) is 0.643. The summed E-state index contributed by atoms with van der Waals surface area (Å²) in [5.74, 6) is 0.471. The molecule has 0 bridgehead atoms. The van der Waals surface area contributed by atoms with Crippen molar-refractivity contribution in [1.82, 2.24) is 4.98 Å². The summed E-state index contributed by atoms with van der Waals surface area (Å²) in [6, 6.07) is 1.53. The van der Waals surface area contributed by atoms with Crippen LogP contribution in [-0.2, 0) is 0 Å². The average molecular weight is 237 g/mol. The average Bonchev–Trinajstić information content (AvgIpc) is 2.19. The second kappa shape index (κ2) is 5.23. The number of aromatic nitrogens is 1. The Morgan fingerprint density at radius 1 is 1.41 bits per heavy atom. The molecule has 5 nitrogen and oxygen atoms in total. The highest BCUT2D eigenvalue weighted by Gasteiger charge is 2.24. The number of hydrogen-bond acceptors (Lipinski definition) is 4. The molecular formula is C12H19N3O2. The number of nitro groups is 1. The SMILES string of the molecule is Cc1cc([N+](=O)[O-])cnc1C(C(C)C)C(C)N. The van der Waals surface area contributed by atoms with Gasteiger partial charge in [-0.15, -0.1) is 0 Å². The minimum absolute atomic E-state index is 0.0253. The second-order valence-corrected chi connectivity index (χ2v) is 4.78. The molecule has 5 heteroatoms. The molecule has 94 valence electrons. The van der Waals surface area contributed by atoms with Crippen molar-refractivity contribution in [1.29, 1.82) is 0 Å². The molecule has 1 aromatic heterocycles. The van der Waals surface area contributed by atoms with Gasteiger partial charge < -0.3 is 5.73 Å². The normalized spacial score (nSPS) is 14.7. The zero-order valence-electron chi connectivity index (χ0n) is 10.7. The molecule has 1 aromatic rings. The summed E-state index contributed by atoms with van der Waals surface area (Å²) >= 11 is 0. The summed E-state index contributed by atoms with van der Waals surface area (Å²) in [6.07, 6.45) is 1.31.